The van der Waals surface area contributed by atoms with Gasteiger partial charge >= 0.3 is 0 Å². The van der Waals surface area contributed by atoms with Gasteiger partial charge in [0.05, 0.1) is 12.6 Å². The molecule has 1 unspecified atom stereocenters. The largest absolute Gasteiger partial charge is 0.356 e. The Kier molecular flexibility index (Phi) is 6.15. The molecule has 0 bridgehead atoms. The van der Waals surface area contributed by atoms with Crippen molar-refractivity contribution in [1.82, 2.24) is 14.8 Å². The maximum atomic E-state index is 13.6. The monoisotopic (exact) mass is 463 g/mol. The van der Waals surface area contributed by atoms with Crippen LogP contribution in [0.4, 0.5) is 0 Å². The van der Waals surface area contributed by atoms with Gasteiger partial charge in [0.25, 0.3) is 0 Å². The summed E-state index contributed by atoms with van der Waals surface area (Å²) in [6, 6.07) is 15.0. The van der Waals surface area contributed by atoms with Gasteiger partial charge in [0.2, 0.25) is 11.8 Å². The van der Waals surface area contributed by atoms with Gasteiger partial charge in [-0.1, -0.05) is 74.5 Å². The molecule has 1 N–H and O–H groups in total. The summed E-state index contributed by atoms with van der Waals surface area (Å²) < 4.78 is 0. The number of rotatable bonds is 7. The van der Waals surface area contributed by atoms with Crippen molar-refractivity contribution in [3.63, 3.8) is 0 Å². The topological polar surface area (TPSA) is 56.4 Å². The molecule has 2 atom stereocenters. The first-order valence-corrected chi connectivity index (χ1v) is 12.4. The standard InChI is InChI=1S/C27H30ClN3O2/c1-2-3-4-5-8-15-30-17-24(32)31-23(27(30)33)16-21-20-9-6-7-10-22(20)29-25(21)26(31)18-11-13-19(28)14-12-18/h6-7,9-14,23,26,29H,2-5,8,15-17H2,1H3/t23-,26?/m0/s1. The molecule has 2 aromatic carbocycles. The van der Waals surface area contributed by atoms with Crippen molar-refractivity contribution in [2.24, 2.45) is 0 Å². The number of amides is 2. The lowest BCUT2D eigenvalue weighted by atomic mass is 9.86. The molecule has 1 saturated heterocycles. The van der Waals surface area contributed by atoms with E-state index in [1.54, 1.807) is 4.90 Å². The molecule has 2 aliphatic heterocycles. The van der Waals surface area contributed by atoms with Crippen molar-refractivity contribution in [3.05, 3.63) is 70.4 Å². The molecule has 2 amide bonds. The van der Waals surface area contributed by atoms with Crippen molar-refractivity contribution in [2.75, 3.05) is 13.1 Å². The van der Waals surface area contributed by atoms with Crippen LogP contribution in [0.15, 0.2) is 48.5 Å². The molecule has 0 radical (unpaired) electrons. The Morgan fingerprint density at radius 3 is 2.55 bits per heavy atom. The maximum absolute atomic E-state index is 13.6. The van der Waals surface area contributed by atoms with Crippen LogP contribution in [0.2, 0.25) is 5.02 Å². The zero-order valence-electron chi connectivity index (χ0n) is 19.0. The first-order valence-electron chi connectivity index (χ1n) is 12.0. The van der Waals surface area contributed by atoms with Crippen molar-refractivity contribution in [2.45, 2.75) is 57.5 Å². The van der Waals surface area contributed by atoms with Gasteiger partial charge in [0.15, 0.2) is 0 Å². The molecule has 33 heavy (non-hydrogen) atoms. The highest BCUT2D eigenvalue weighted by Crippen LogP contribution is 2.42. The quantitative estimate of drug-likeness (QED) is 0.472. The number of hydrogen-bond acceptors (Lipinski definition) is 2. The number of unbranched alkanes of at least 4 members (excludes halogenated alkanes) is 4. The number of nitrogens with zero attached hydrogens (tertiary/aromatic N) is 2. The van der Waals surface area contributed by atoms with E-state index in [0.29, 0.717) is 18.0 Å². The third-order valence-corrected chi connectivity index (χ3v) is 7.31. The third-order valence-electron chi connectivity index (χ3n) is 7.06. The average Bonchev–Trinajstić information content (AvgIpc) is 3.20. The number of aromatic amines is 1. The number of benzene rings is 2. The summed E-state index contributed by atoms with van der Waals surface area (Å²) in [4.78, 5) is 34.3. The Morgan fingerprint density at radius 2 is 1.76 bits per heavy atom. The van der Waals surface area contributed by atoms with E-state index < -0.39 is 6.04 Å². The molecule has 6 heteroatoms. The van der Waals surface area contributed by atoms with Crippen LogP contribution < -0.4 is 0 Å². The highest BCUT2D eigenvalue weighted by Gasteiger charge is 2.47. The number of halogens is 1. The molecule has 0 saturated carbocycles. The normalized spacial score (nSPS) is 20.3. The van der Waals surface area contributed by atoms with Gasteiger partial charge in [0.1, 0.15) is 6.04 Å². The van der Waals surface area contributed by atoms with E-state index in [1.807, 2.05) is 41.3 Å². The van der Waals surface area contributed by atoms with Gasteiger partial charge in [-0.25, -0.2) is 0 Å². The zero-order chi connectivity index (χ0) is 22.9. The van der Waals surface area contributed by atoms with Gasteiger partial charge in [-0.15, -0.1) is 0 Å². The molecule has 3 heterocycles. The second kappa shape index (κ2) is 9.22. The SMILES string of the molecule is CCCCCCCN1CC(=O)N2C(c3ccc(Cl)cc3)c3[nH]c4ccccc4c3C[C@H]2C1=O. The fourth-order valence-corrected chi connectivity index (χ4v) is 5.54. The molecule has 2 aliphatic rings. The van der Waals surface area contributed by atoms with E-state index in [4.69, 9.17) is 11.6 Å². The van der Waals surface area contributed by atoms with Crippen LogP contribution in [-0.2, 0) is 16.0 Å². The van der Waals surface area contributed by atoms with Gasteiger partial charge in [-0.05, 0) is 35.7 Å². The van der Waals surface area contributed by atoms with Crippen LogP contribution in [0.25, 0.3) is 10.9 Å². The summed E-state index contributed by atoms with van der Waals surface area (Å²) in [6.45, 7) is 3.01. The smallest absolute Gasteiger partial charge is 0.246 e. The van der Waals surface area contributed by atoms with E-state index in [0.717, 1.165) is 40.6 Å². The van der Waals surface area contributed by atoms with Gasteiger partial charge in [-0.3, -0.25) is 9.59 Å². The number of hydrogen-bond donors (Lipinski definition) is 1. The highest BCUT2D eigenvalue weighted by atomic mass is 35.5. The van der Waals surface area contributed by atoms with E-state index >= 15 is 0 Å². The molecular formula is C27H30ClN3O2. The Labute approximate surface area is 199 Å². The molecule has 0 spiro atoms. The van der Waals surface area contributed by atoms with E-state index in [-0.39, 0.29) is 24.4 Å². The minimum atomic E-state index is -0.478. The molecule has 1 aromatic heterocycles. The number of aromatic nitrogens is 1. The number of nitrogens with one attached hydrogen (secondary N) is 1. The van der Waals surface area contributed by atoms with Crippen LogP contribution in [-0.4, -0.2) is 45.7 Å². The van der Waals surface area contributed by atoms with Crippen molar-refractivity contribution < 1.29 is 9.59 Å². The van der Waals surface area contributed by atoms with Crippen molar-refractivity contribution in [1.29, 1.82) is 0 Å². The third kappa shape index (κ3) is 4.04. The summed E-state index contributed by atoms with van der Waals surface area (Å²) in [5.41, 5.74) is 4.14. The first kappa shape index (κ1) is 22.0. The van der Waals surface area contributed by atoms with Gasteiger partial charge in [0, 0.05) is 34.6 Å². The lowest BCUT2D eigenvalue weighted by Crippen LogP contribution is -2.63. The highest BCUT2D eigenvalue weighted by molar-refractivity contribution is 6.30. The minimum Gasteiger partial charge on any atom is -0.356 e. The molecule has 172 valence electrons. The molecular weight excluding hydrogens is 434 g/mol. The summed E-state index contributed by atoms with van der Waals surface area (Å²) in [5, 5.41) is 1.78. The molecule has 3 aromatic rings. The fraction of sp³-hybridized carbons (Fsp3) is 0.407. The Hall–Kier alpha value is -2.79. The fourth-order valence-electron chi connectivity index (χ4n) is 5.41. The summed E-state index contributed by atoms with van der Waals surface area (Å²) >= 11 is 6.15. The Bertz CT molecular complexity index is 1170. The number of carbonyl (C=O) groups is 2. The van der Waals surface area contributed by atoms with Crippen LogP contribution in [0.3, 0.4) is 0 Å². The number of piperazine rings is 1. The number of H-pyrrole nitrogens is 1. The predicted octanol–water partition coefficient (Wildman–Crippen LogP) is 5.48. The second-order valence-corrected chi connectivity index (χ2v) is 9.65. The minimum absolute atomic E-state index is 0.0115. The van der Waals surface area contributed by atoms with E-state index in [2.05, 4.69) is 24.0 Å². The molecule has 5 nitrogen and oxygen atoms in total. The number of para-hydroxylation sites is 1. The summed E-state index contributed by atoms with van der Waals surface area (Å²) in [7, 11) is 0. The van der Waals surface area contributed by atoms with E-state index in [1.165, 1.54) is 19.3 Å². The van der Waals surface area contributed by atoms with Gasteiger partial charge in [-0.2, -0.15) is 0 Å². The lowest BCUT2D eigenvalue weighted by Gasteiger charge is -2.47. The predicted molar refractivity (Wildman–Crippen MR) is 131 cm³/mol. The Balaban J connectivity index is 1.51. The van der Waals surface area contributed by atoms with Crippen LogP contribution in [0.5, 0.6) is 0 Å². The van der Waals surface area contributed by atoms with Crippen LogP contribution >= 0.6 is 11.6 Å². The summed E-state index contributed by atoms with van der Waals surface area (Å²) in [6.07, 6.45) is 6.18. The molecule has 0 aliphatic carbocycles. The zero-order valence-corrected chi connectivity index (χ0v) is 19.8. The summed E-state index contributed by atoms with van der Waals surface area (Å²) in [5.74, 6) is 0.0809. The first-order chi connectivity index (χ1) is 16.1. The average molecular weight is 464 g/mol. The van der Waals surface area contributed by atoms with Crippen molar-refractivity contribution in [3.8, 4) is 0 Å². The van der Waals surface area contributed by atoms with Crippen LogP contribution in [0.1, 0.15) is 61.9 Å². The molecule has 5 rings (SSSR count). The lowest BCUT2D eigenvalue weighted by molar-refractivity contribution is -0.158. The number of carbonyl (C=O) groups excluding carboxylic acids is 2. The molecule has 1 fully saturated rings. The van der Waals surface area contributed by atoms with Crippen LogP contribution in [0, 0.1) is 0 Å². The second-order valence-electron chi connectivity index (χ2n) is 9.21. The van der Waals surface area contributed by atoms with Gasteiger partial charge < -0.3 is 14.8 Å². The van der Waals surface area contributed by atoms with E-state index in [9.17, 15) is 9.59 Å². The van der Waals surface area contributed by atoms with Crippen molar-refractivity contribution >= 4 is 34.3 Å². The Morgan fingerprint density at radius 1 is 1.00 bits per heavy atom. The maximum Gasteiger partial charge on any atom is 0.246 e. The number of fused-ring (bicyclic) bond motifs is 4.